The summed E-state index contributed by atoms with van der Waals surface area (Å²) in [6, 6.07) is 0. The second kappa shape index (κ2) is 7.13. The molecule has 0 saturated heterocycles. The molecule has 0 spiro atoms. The van der Waals surface area contributed by atoms with E-state index in [0.717, 1.165) is 15.0 Å². The van der Waals surface area contributed by atoms with Gasteiger partial charge in [-0.05, 0) is 60.8 Å². The van der Waals surface area contributed by atoms with Gasteiger partial charge in [0.25, 0.3) is 0 Å². The standard InChI is InChI=1S/C16H17BrClN5O2S/c1-9-10(17)7-23-12(9)13(20-14(18)21-23)22(8-11-19-5-6-26-11)15(24)25-16(2,3)4/h5-7H,8H2,1-4H3. The van der Waals surface area contributed by atoms with Crippen molar-refractivity contribution < 1.29 is 9.53 Å². The summed E-state index contributed by atoms with van der Waals surface area (Å²) in [5.41, 5.74) is 0.913. The molecule has 0 aliphatic carbocycles. The molecule has 0 saturated carbocycles. The van der Waals surface area contributed by atoms with Gasteiger partial charge < -0.3 is 4.74 Å². The number of carbonyl (C=O) groups is 1. The summed E-state index contributed by atoms with van der Waals surface area (Å²) in [6.07, 6.45) is 2.94. The number of ether oxygens (including phenoxy) is 1. The molecule has 3 rings (SSSR count). The average Bonchev–Trinajstić information content (AvgIpc) is 3.11. The number of nitrogens with zero attached hydrogens (tertiary/aromatic N) is 5. The summed E-state index contributed by atoms with van der Waals surface area (Å²) < 4.78 is 8.02. The van der Waals surface area contributed by atoms with Crippen LogP contribution in [-0.2, 0) is 11.3 Å². The number of thiazole rings is 1. The number of rotatable bonds is 3. The molecule has 0 aromatic carbocycles. The third kappa shape index (κ3) is 3.99. The van der Waals surface area contributed by atoms with Crippen molar-refractivity contribution in [3.05, 3.63) is 38.1 Å². The van der Waals surface area contributed by atoms with Gasteiger partial charge in [-0.1, -0.05) is 0 Å². The summed E-state index contributed by atoms with van der Waals surface area (Å²) in [5, 5.41) is 6.82. The highest BCUT2D eigenvalue weighted by Crippen LogP contribution is 2.31. The number of amides is 1. The van der Waals surface area contributed by atoms with E-state index < -0.39 is 11.7 Å². The predicted octanol–water partition coefficient (Wildman–Crippen LogP) is 4.85. The van der Waals surface area contributed by atoms with Crippen LogP contribution in [0.2, 0.25) is 5.28 Å². The molecule has 0 bridgehead atoms. The molecule has 3 aromatic rings. The molecule has 0 atom stereocenters. The number of anilines is 1. The van der Waals surface area contributed by atoms with E-state index in [4.69, 9.17) is 16.3 Å². The fraction of sp³-hybridized carbons (Fsp3) is 0.375. The van der Waals surface area contributed by atoms with Crippen LogP contribution in [0.1, 0.15) is 31.3 Å². The first-order chi connectivity index (χ1) is 12.2. The molecule has 0 N–H and O–H groups in total. The van der Waals surface area contributed by atoms with Crippen molar-refractivity contribution in [2.75, 3.05) is 4.90 Å². The first-order valence-corrected chi connectivity index (χ1v) is 9.80. The van der Waals surface area contributed by atoms with E-state index in [1.54, 1.807) is 16.9 Å². The number of hydrogen-bond acceptors (Lipinski definition) is 6. The molecule has 0 unspecified atom stereocenters. The zero-order chi connectivity index (χ0) is 19.1. The lowest BCUT2D eigenvalue weighted by Gasteiger charge is -2.26. The largest absolute Gasteiger partial charge is 0.443 e. The zero-order valence-electron chi connectivity index (χ0n) is 14.7. The topological polar surface area (TPSA) is 72.6 Å². The molecule has 3 aromatic heterocycles. The maximum absolute atomic E-state index is 12.9. The minimum Gasteiger partial charge on any atom is -0.443 e. The molecule has 0 aliphatic rings. The van der Waals surface area contributed by atoms with Crippen molar-refractivity contribution in [3.63, 3.8) is 0 Å². The zero-order valence-corrected chi connectivity index (χ0v) is 17.8. The van der Waals surface area contributed by atoms with Crippen LogP contribution in [0.15, 0.2) is 22.2 Å². The van der Waals surface area contributed by atoms with Gasteiger partial charge in [0.1, 0.15) is 16.1 Å². The molecule has 0 aliphatic heterocycles. The Morgan fingerprint density at radius 1 is 1.46 bits per heavy atom. The Kier molecular flexibility index (Phi) is 5.23. The van der Waals surface area contributed by atoms with Crippen LogP contribution in [0.3, 0.4) is 0 Å². The van der Waals surface area contributed by atoms with Gasteiger partial charge in [-0.2, -0.15) is 4.98 Å². The molecule has 0 radical (unpaired) electrons. The van der Waals surface area contributed by atoms with Crippen LogP contribution in [0.5, 0.6) is 0 Å². The first kappa shape index (κ1) is 19.1. The minimum atomic E-state index is -0.650. The quantitative estimate of drug-likeness (QED) is 0.561. The average molecular weight is 459 g/mol. The summed E-state index contributed by atoms with van der Waals surface area (Å²) in [6.45, 7) is 7.57. The lowest BCUT2D eigenvalue weighted by atomic mass is 10.2. The Labute approximate surface area is 168 Å². The molecule has 3 heterocycles. The fourth-order valence-corrected chi connectivity index (χ4v) is 3.50. The SMILES string of the molecule is Cc1c(Br)cn2nc(Cl)nc(N(Cc3nccs3)C(=O)OC(C)(C)C)c12. The highest BCUT2D eigenvalue weighted by molar-refractivity contribution is 9.10. The Bertz CT molecular complexity index is 952. The molecule has 0 fully saturated rings. The normalized spacial score (nSPS) is 11.8. The molecule has 26 heavy (non-hydrogen) atoms. The van der Waals surface area contributed by atoms with Gasteiger partial charge in [-0.15, -0.1) is 16.4 Å². The fourth-order valence-electron chi connectivity index (χ4n) is 2.35. The highest BCUT2D eigenvalue weighted by atomic mass is 79.9. The Hall–Kier alpha value is -1.71. The van der Waals surface area contributed by atoms with Gasteiger partial charge in [0, 0.05) is 22.2 Å². The van der Waals surface area contributed by atoms with Crippen molar-refractivity contribution in [1.29, 1.82) is 0 Å². The van der Waals surface area contributed by atoms with E-state index in [-0.39, 0.29) is 11.8 Å². The van der Waals surface area contributed by atoms with Gasteiger partial charge in [0.2, 0.25) is 5.28 Å². The molecule has 7 nitrogen and oxygen atoms in total. The Balaban J connectivity index is 2.15. The summed E-state index contributed by atoms with van der Waals surface area (Å²) in [7, 11) is 0. The maximum atomic E-state index is 12.9. The smallest absolute Gasteiger partial charge is 0.416 e. The lowest BCUT2D eigenvalue weighted by molar-refractivity contribution is 0.0576. The molecule has 10 heteroatoms. The third-order valence-electron chi connectivity index (χ3n) is 3.42. The predicted molar refractivity (Wildman–Crippen MR) is 105 cm³/mol. The number of hydrogen-bond donors (Lipinski definition) is 0. The number of aryl methyl sites for hydroxylation is 1. The summed E-state index contributed by atoms with van der Waals surface area (Å²) in [4.78, 5) is 22.9. The monoisotopic (exact) mass is 457 g/mol. The second-order valence-corrected chi connectivity index (χ2v) is 8.76. The number of carbonyl (C=O) groups excluding carboxylic acids is 1. The van der Waals surface area contributed by atoms with E-state index in [2.05, 4.69) is 31.0 Å². The van der Waals surface area contributed by atoms with Crippen LogP contribution in [0.25, 0.3) is 5.52 Å². The van der Waals surface area contributed by atoms with Crippen LogP contribution in [0.4, 0.5) is 10.6 Å². The number of aromatic nitrogens is 4. The first-order valence-electron chi connectivity index (χ1n) is 7.75. The Morgan fingerprint density at radius 3 is 2.81 bits per heavy atom. The van der Waals surface area contributed by atoms with E-state index >= 15 is 0 Å². The number of fused-ring (bicyclic) bond motifs is 1. The van der Waals surface area contributed by atoms with Gasteiger partial charge >= 0.3 is 6.09 Å². The van der Waals surface area contributed by atoms with E-state index in [0.29, 0.717) is 11.3 Å². The summed E-state index contributed by atoms with van der Waals surface area (Å²) in [5.74, 6) is 0.373. The van der Waals surface area contributed by atoms with Crippen LogP contribution >= 0.6 is 38.9 Å². The van der Waals surface area contributed by atoms with E-state index in [1.807, 2.05) is 33.1 Å². The van der Waals surface area contributed by atoms with Crippen LogP contribution in [-0.4, -0.2) is 31.3 Å². The molecular weight excluding hydrogens is 442 g/mol. The molecule has 1 amide bonds. The maximum Gasteiger partial charge on any atom is 0.416 e. The Morgan fingerprint density at radius 2 is 2.19 bits per heavy atom. The van der Waals surface area contributed by atoms with Gasteiger partial charge in [-0.25, -0.2) is 14.3 Å². The van der Waals surface area contributed by atoms with Crippen molar-refractivity contribution in [2.24, 2.45) is 0 Å². The van der Waals surface area contributed by atoms with Gasteiger partial charge in [-0.3, -0.25) is 4.90 Å². The van der Waals surface area contributed by atoms with Crippen LogP contribution in [0, 0.1) is 6.92 Å². The molecular formula is C16H17BrClN5O2S. The lowest BCUT2D eigenvalue weighted by Crippen LogP contribution is -2.37. The minimum absolute atomic E-state index is 0.0303. The van der Waals surface area contributed by atoms with Gasteiger partial charge in [0.15, 0.2) is 5.82 Å². The van der Waals surface area contributed by atoms with E-state index in [1.165, 1.54) is 16.2 Å². The highest BCUT2D eigenvalue weighted by Gasteiger charge is 2.28. The third-order valence-corrected chi connectivity index (χ3v) is 5.15. The second-order valence-electron chi connectivity index (χ2n) is 6.59. The van der Waals surface area contributed by atoms with Crippen LogP contribution < -0.4 is 4.90 Å². The number of halogens is 2. The molecule has 138 valence electrons. The van der Waals surface area contributed by atoms with Crippen molar-refractivity contribution >= 4 is 56.3 Å². The van der Waals surface area contributed by atoms with E-state index in [9.17, 15) is 4.79 Å². The van der Waals surface area contributed by atoms with Crippen molar-refractivity contribution in [3.8, 4) is 0 Å². The van der Waals surface area contributed by atoms with Gasteiger partial charge in [0.05, 0.1) is 6.54 Å². The summed E-state index contributed by atoms with van der Waals surface area (Å²) >= 11 is 11.0. The van der Waals surface area contributed by atoms with Crippen molar-refractivity contribution in [2.45, 2.75) is 39.8 Å². The van der Waals surface area contributed by atoms with Crippen molar-refractivity contribution in [1.82, 2.24) is 19.6 Å².